The first kappa shape index (κ1) is 17.6. The van der Waals surface area contributed by atoms with E-state index in [4.69, 9.17) is 0 Å². The molecule has 132 valence electrons. The van der Waals surface area contributed by atoms with Gasteiger partial charge in [-0.3, -0.25) is 4.79 Å². The van der Waals surface area contributed by atoms with Crippen LogP contribution >= 0.6 is 0 Å². The van der Waals surface area contributed by atoms with Crippen molar-refractivity contribution < 1.29 is 17.6 Å². The maximum absolute atomic E-state index is 14.1. The summed E-state index contributed by atoms with van der Waals surface area (Å²) in [5, 5.41) is -0.912. The SMILES string of the molecule is Cc1ccc(C(=O)N2CCC(c3ccccc3F)S(=O)(=O)CC2)cc1. The van der Waals surface area contributed by atoms with Gasteiger partial charge in [0.2, 0.25) is 0 Å². The third kappa shape index (κ3) is 3.74. The van der Waals surface area contributed by atoms with Gasteiger partial charge in [0.05, 0.1) is 11.0 Å². The van der Waals surface area contributed by atoms with Gasteiger partial charge in [-0.1, -0.05) is 35.9 Å². The first-order valence-electron chi connectivity index (χ1n) is 8.20. The summed E-state index contributed by atoms with van der Waals surface area (Å²) in [6, 6.07) is 13.1. The van der Waals surface area contributed by atoms with Gasteiger partial charge in [-0.15, -0.1) is 0 Å². The van der Waals surface area contributed by atoms with Gasteiger partial charge in [0.1, 0.15) is 5.82 Å². The Hall–Kier alpha value is -2.21. The number of sulfone groups is 1. The minimum Gasteiger partial charge on any atom is -0.338 e. The van der Waals surface area contributed by atoms with Crippen LogP contribution in [-0.2, 0) is 9.84 Å². The summed E-state index contributed by atoms with van der Waals surface area (Å²) < 4.78 is 39.3. The monoisotopic (exact) mass is 361 g/mol. The Morgan fingerprint density at radius 1 is 1.08 bits per heavy atom. The molecule has 0 spiro atoms. The second kappa shape index (κ2) is 6.96. The lowest BCUT2D eigenvalue weighted by molar-refractivity contribution is 0.0766. The van der Waals surface area contributed by atoms with Crippen LogP contribution in [0.15, 0.2) is 48.5 Å². The van der Waals surface area contributed by atoms with Crippen LogP contribution in [-0.4, -0.2) is 38.1 Å². The molecular weight excluding hydrogens is 341 g/mol. The van der Waals surface area contributed by atoms with E-state index in [1.807, 2.05) is 19.1 Å². The molecule has 0 aromatic heterocycles. The average Bonchev–Trinajstić information content (AvgIpc) is 2.74. The molecule has 2 aromatic carbocycles. The molecule has 0 radical (unpaired) electrons. The summed E-state index contributed by atoms with van der Waals surface area (Å²) in [4.78, 5) is 14.2. The number of carbonyl (C=O) groups is 1. The number of carbonyl (C=O) groups excluding carboxylic acids is 1. The average molecular weight is 361 g/mol. The summed E-state index contributed by atoms with van der Waals surface area (Å²) in [5.41, 5.74) is 1.77. The molecule has 0 bridgehead atoms. The summed E-state index contributed by atoms with van der Waals surface area (Å²) >= 11 is 0. The fraction of sp³-hybridized carbons (Fsp3) is 0.316. The Labute approximate surface area is 147 Å². The normalized spacial score (nSPS) is 20.1. The van der Waals surface area contributed by atoms with Crippen molar-refractivity contribution in [1.29, 1.82) is 0 Å². The zero-order valence-corrected chi connectivity index (χ0v) is 14.8. The van der Waals surface area contributed by atoms with E-state index in [-0.39, 0.29) is 36.7 Å². The van der Waals surface area contributed by atoms with Gasteiger partial charge in [-0.05, 0) is 31.5 Å². The van der Waals surface area contributed by atoms with Crippen LogP contribution in [0.5, 0.6) is 0 Å². The predicted molar refractivity (Wildman–Crippen MR) is 94.6 cm³/mol. The first-order valence-corrected chi connectivity index (χ1v) is 9.92. The van der Waals surface area contributed by atoms with Gasteiger partial charge in [0.25, 0.3) is 5.91 Å². The van der Waals surface area contributed by atoms with Crippen LogP contribution in [0.4, 0.5) is 4.39 Å². The topological polar surface area (TPSA) is 54.5 Å². The number of hydrogen-bond acceptors (Lipinski definition) is 3. The smallest absolute Gasteiger partial charge is 0.253 e. The van der Waals surface area contributed by atoms with Gasteiger partial charge in [0, 0.05) is 24.2 Å². The fourth-order valence-electron chi connectivity index (χ4n) is 3.11. The number of amides is 1. The molecule has 1 saturated heterocycles. The standard InChI is InChI=1S/C19H20FNO3S/c1-14-6-8-15(9-7-14)19(22)21-11-10-18(25(23,24)13-12-21)16-4-2-3-5-17(16)20/h2-9,18H,10-13H2,1H3. The first-order chi connectivity index (χ1) is 11.9. The molecule has 3 rings (SSSR count). The lowest BCUT2D eigenvalue weighted by Crippen LogP contribution is -2.33. The lowest BCUT2D eigenvalue weighted by atomic mass is 10.1. The Morgan fingerprint density at radius 3 is 2.44 bits per heavy atom. The fourth-order valence-corrected chi connectivity index (χ4v) is 4.91. The van der Waals surface area contributed by atoms with Crippen LogP contribution in [0.1, 0.15) is 33.2 Å². The minimum absolute atomic E-state index is 0.125. The second-order valence-electron chi connectivity index (χ2n) is 6.32. The van der Waals surface area contributed by atoms with Crippen molar-refractivity contribution in [3.63, 3.8) is 0 Å². The third-order valence-electron chi connectivity index (χ3n) is 4.58. The van der Waals surface area contributed by atoms with Gasteiger partial charge in [0.15, 0.2) is 9.84 Å². The van der Waals surface area contributed by atoms with E-state index in [1.54, 1.807) is 23.1 Å². The molecule has 1 aliphatic rings. The highest BCUT2D eigenvalue weighted by atomic mass is 32.2. The lowest BCUT2D eigenvalue weighted by Gasteiger charge is -2.20. The number of rotatable bonds is 2. The quantitative estimate of drug-likeness (QED) is 0.826. The molecule has 1 atom stereocenters. The molecule has 25 heavy (non-hydrogen) atoms. The number of nitrogens with zero attached hydrogens (tertiary/aromatic N) is 1. The molecule has 2 aromatic rings. The highest BCUT2D eigenvalue weighted by Crippen LogP contribution is 2.31. The van der Waals surface area contributed by atoms with Crippen molar-refractivity contribution in [2.45, 2.75) is 18.6 Å². The zero-order valence-electron chi connectivity index (χ0n) is 14.0. The van der Waals surface area contributed by atoms with Crippen molar-refractivity contribution in [2.24, 2.45) is 0 Å². The van der Waals surface area contributed by atoms with Crippen LogP contribution < -0.4 is 0 Å². The number of benzene rings is 2. The summed E-state index contributed by atoms with van der Waals surface area (Å²) in [7, 11) is -3.52. The molecule has 0 N–H and O–H groups in total. The van der Waals surface area contributed by atoms with Crippen LogP contribution in [0, 0.1) is 12.7 Å². The van der Waals surface area contributed by atoms with E-state index in [0.29, 0.717) is 5.56 Å². The molecule has 1 unspecified atom stereocenters. The van der Waals surface area contributed by atoms with Crippen molar-refractivity contribution in [1.82, 2.24) is 4.90 Å². The van der Waals surface area contributed by atoms with Gasteiger partial charge >= 0.3 is 0 Å². The third-order valence-corrected chi connectivity index (χ3v) is 6.69. The van der Waals surface area contributed by atoms with Gasteiger partial charge in [-0.2, -0.15) is 0 Å². The molecule has 1 aliphatic heterocycles. The van der Waals surface area contributed by atoms with Gasteiger partial charge < -0.3 is 4.90 Å². The predicted octanol–water partition coefficient (Wildman–Crippen LogP) is 3.14. The van der Waals surface area contributed by atoms with Crippen LogP contribution in [0.25, 0.3) is 0 Å². The Morgan fingerprint density at radius 2 is 1.76 bits per heavy atom. The minimum atomic E-state index is -3.52. The largest absolute Gasteiger partial charge is 0.338 e. The highest BCUT2D eigenvalue weighted by Gasteiger charge is 2.34. The van der Waals surface area contributed by atoms with Crippen molar-refractivity contribution in [2.75, 3.05) is 18.8 Å². The van der Waals surface area contributed by atoms with Crippen molar-refractivity contribution in [3.8, 4) is 0 Å². The molecule has 4 nitrogen and oxygen atoms in total. The van der Waals surface area contributed by atoms with Crippen LogP contribution in [0.2, 0.25) is 0 Å². The van der Waals surface area contributed by atoms with E-state index in [9.17, 15) is 17.6 Å². The maximum Gasteiger partial charge on any atom is 0.253 e. The van der Waals surface area contributed by atoms with E-state index >= 15 is 0 Å². The zero-order chi connectivity index (χ0) is 18.0. The van der Waals surface area contributed by atoms with E-state index in [1.165, 1.54) is 18.2 Å². The number of halogens is 1. The summed E-state index contributed by atoms with van der Waals surface area (Å²) in [6.07, 6.45) is 0.195. The van der Waals surface area contributed by atoms with Crippen molar-refractivity contribution in [3.05, 3.63) is 71.0 Å². The molecular formula is C19H20FNO3S. The number of hydrogen-bond donors (Lipinski definition) is 0. The molecule has 1 amide bonds. The Bertz CT molecular complexity index is 878. The van der Waals surface area contributed by atoms with Gasteiger partial charge in [-0.25, -0.2) is 12.8 Å². The molecule has 1 fully saturated rings. The molecule has 1 heterocycles. The summed E-state index contributed by atoms with van der Waals surface area (Å²) in [5.74, 6) is -0.873. The maximum atomic E-state index is 14.1. The molecule has 0 aliphatic carbocycles. The van der Waals surface area contributed by atoms with Crippen molar-refractivity contribution >= 4 is 15.7 Å². The van der Waals surface area contributed by atoms with E-state index in [2.05, 4.69) is 0 Å². The number of aryl methyl sites for hydroxylation is 1. The van der Waals surface area contributed by atoms with E-state index in [0.717, 1.165) is 5.56 Å². The van der Waals surface area contributed by atoms with E-state index < -0.39 is 20.9 Å². The second-order valence-corrected chi connectivity index (χ2v) is 8.63. The molecule has 6 heteroatoms. The molecule has 0 saturated carbocycles. The Balaban J connectivity index is 1.84. The Kier molecular flexibility index (Phi) is 4.90. The summed E-state index contributed by atoms with van der Waals surface area (Å²) in [6.45, 7) is 2.34. The van der Waals surface area contributed by atoms with Crippen LogP contribution in [0.3, 0.4) is 0 Å². The highest BCUT2D eigenvalue weighted by molar-refractivity contribution is 7.91.